The Labute approximate surface area is 236 Å². The quantitative estimate of drug-likeness (QED) is 0.150. The molecule has 1 amide bonds. The van der Waals surface area contributed by atoms with Crippen LogP contribution >= 0.6 is 0 Å². The molecule has 0 aliphatic heterocycles. The summed E-state index contributed by atoms with van der Waals surface area (Å²) in [6.45, 7) is 4.99. The van der Waals surface area contributed by atoms with E-state index in [1.165, 1.54) is 5.56 Å². The second kappa shape index (κ2) is 12.6. The van der Waals surface area contributed by atoms with Gasteiger partial charge in [-0.15, -0.1) is 0 Å². The van der Waals surface area contributed by atoms with Gasteiger partial charge in [-0.2, -0.15) is 0 Å². The summed E-state index contributed by atoms with van der Waals surface area (Å²) in [5.74, 6) is 1.66. The van der Waals surface area contributed by atoms with Gasteiger partial charge in [-0.3, -0.25) is 15.6 Å². The zero-order valence-electron chi connectivity index (χ0n) is 23.6. The lowest BCUT2D eigenvalue weighted by Crippen LogP contribution is -2.32. The van der Waals surface area contributed by atoms with Crippen LogP contribution in [0.15, 0.2) is 66.7 Å². The summed E-state index contributed by atoms with van der Waals surface area (Å²) in [7, 11) is 2.03. The molecule has 0 saturated heterocycles. The normalized spacial score (nSPS) is 11.2. The molecular weight excluding hydrogens is 498 g/mol. The highest BCUT2D eigenvalue weighted by Crippen LogP contribution is 2.25. The first-order chi connectivity index (χ1) is 19.1. The Morgan fingerprint density at radius 3 is 2.00 bits per heavy atom. The minimum atomic E-state index is 0.0406. The first-order valence-corrected chi connectivity index (χ1v) is 13.7. The molecule has 0 aliphatic rings. The van der Waals surface area contributed by atoms with Gasteiger partial charge in [0.15, 0.2) is 0 Å². The highest BCUT2D eigenvalue weighted by atomic mass is 16.2. The van der Waals surface area contributed by atoms with E-state index in [4.69, 9.17) is 27.3 Å². The third-order valence-corrected chi connectivity index (χ3v) is 7.29. The van der Waals surface area contributed by atoms with E-state index >= 15 is 0 Å². The van der Waals surface area contributed by atoms with Gasteiger partial charge in [0.05, 0.1) is 11.0 Å². The maximum absolute atomic E-state index is 13.5. The average molecular weight is 538 g/mol. The number of benzene rings is 3. The largest absolute Gasteiger partial charge is 0.384 e. The molecule has 8 nitrogen and oxygen atoms in total. The van der Waals surface area contributed by atoms with Crippen LogP contribution in [0.25, 0.3) is 11.0 Å². The number of nitrogens with zero attached hydrogens (tertiary/aromatic N) is 3. The number of carbonyl (C=O) groups excluding carboxylic acids is 1. The summed E-state index contributed by atoms with van der Waals surface area (Å²) in [4.78, 5) is 20.3. The van der Waals surface area contributed by atoms with Gasteiger partial charge >= 0.3 is 0 Å². The Morgan fingerprint density at radius 1 is 0.875 bits per heavy atom. The molecule has 3 aromatic carbocycles. The molecule has 6 N–H and O–H groups in total. The van der Waals surface area contributed by atoms with E-state index in [0.717, 1.165) is 52.9 Å². The van der Waals surface area contributed by atoms with Crippen LogP contribution in [0.4, 0.5) is 5.69 Å². The van der Waals surface area contributed by atoms with Gasteiger partial charge in [0.25, 0.3) is 0 Å². The Kier molecular flexibility index (Phi) is 8.99. The molecular formula is C32H39N7O. The number of aromatic nitrogens is 2. The second-order valence-corrected chi connectivity index (χ2v) is 10.7. The standard InChI is InChI=1S/C32H39N7O/c1-21(2)18-19-39(30(40)17-9-23-6-12-25(13-7-23)32(35)36)26-14-15-28-27(20-26)37-29(38(28)3)16-8-22-4-10-24(11-5-22)31(33)34/h4-7,10-15,20-21H,8-9,16-19H2,1-3H3,(H3,33,34)(H3,35,36). The Hall–Kier alpha value is -4.46. The van der Waals surface area contributed by atoms with Crippen molar-refractivity contribution in [3.63, 3.8) is 0 Å². The first-order valence-electron chi connectivity index (χ1n) is 13.7. The smallest absolute Gasteiger partial charge is 0.227 e. The van der Waals surface area contributed by atoms with Crippen molar-refractivity contribution in [1.29, 1.82) is 10.8 Å². The zero-order valence-corrected chi connectivity index (χ0v) is 23.6. The van der Waals surface area contributed by atoms with E-state index in [2.05, 4.69) is 24.5 Å². The average Bonchev–Trinajstić information content (AvgIpc) is 3.25. The number of amidine groups is 2. The van der Waals surface area contributed by atoms with Crippen molar-refractivity contribution < 1.29 is 4.79 Å². The lowest BCUT2D eigenvalue weighted by Gasteiger charge is -2.24. The van der Waals surface area contributed by atoms with Gasteiger partial charge in [0, 0.05) is 43.2 Å². The summed E-state index contributed by atoms with van der Waals surface area (Å²) < 4.78 is 2.12. The van der Waals surface area contributed by atoms with Crippen LogP contribution in [0, 0.1) is 16.7 Å². The molecule has 1 heterocycles. The maximum Gasteiger partial charge on any atom is 0.227 e. The van der Waals surface area contributed by atoms with Crippen LogP contribution in [0.3, 0.4) is 0 Å². The van der Waals surface area contributed by atoms with E-state index in [9.17, 15) is 4.79 Å². The summed E-state index contributed by atoms with van der Waals surface area (Å²) in [5.41, 5.74) is 17.5. The van der Waals surface area contributed by atoms with Crippen LogP contribution in [-0.4, -0.2) is 33.7 Å². The van der Waals surface area contributed by atoms with Crippen molar-refractivity contribution in [3.8, 4) is 0 Å². The maximum atomic E-state index is 13.5. The predicted molar refractivity (Wildman–Crippen MR) is 163 cm³/mol. The zero-order chi connectivity index (χ0) is 28.8. The van der Waals surface area contributed by atoms with Gasteiger partial charge < -0.3 is 20.9 Å². The molecule has 40 heavy (non-hydrogen) atoms. The first kappa shape index (κ1) is 28.5. The number of hydrogen-bond acceptors (Lipinski definition) is 4. The van der Waals surface area contributed by atoms with Crippen LogP contribution in [0.1, 0.15) is 54.8 Å². The minimum absolute atomic E-state index is 0.0406. The number of hydrogen-bond donors (Lipinski definition) is 4. The van der Waals surface area contributed by atoms with Crippen molar-refractivity contribution in [1.82, 2.24) is 9.55 Å². The van der Waals surface area contributed by atoms with Gasteiger partial charge in [-0.1, -0.05) is 62.4 Å². The minimum Gasteiger partial charge on any atom is -0.384 e. The van der Waals surface area contributed by atoms with Gasteiger partial charge in [0.2, 0.25) is 5.91 Å². The van der Waals surface area contributed by atoms with Crippen LogP contribution in [0.2, 0.25) is 0 Å². The molecule has 0 spiro atoms. The lowest BCUT2D eigenvalue weighted by molar-refractivity contribution is -0.118. The summed E-state index contributed by atoms with van der Waals surface area (Å²) in [5, 5.41) is 15.1. The van der Waals surface area contributed by atoms with E-state index in [1.807, 2.05) is 72.6 Å². The number of nitrogens with one attached hydrogen (secondary N) is 2. The number of anilines is 1. The highest BCUT2D eigenvalue weighted by molar-refractivity contribution is 5.96. The second-order valence-electron chi connectivity index (χ2n) is 10.7. The molecule has 4 rings (SSSR count). The number of nitrogens with two attached hydrogens (primary N) is 2. The number of rotatable bonds is 12. The molecule has 0 atom stereocenters. The molecule has 0 radical (unpaired) electrons. The fourth-order valence-corrected chi connectivity index (χ4v) is 4.76. The van der Waals surface area contributed by atoms with E-state index in [-0.39, 0.29) is 17.6 Å². The summed E-state index contributed by atoms with van der Waals surface area (Å²) in [6, 6.07) is 21.4. The third-order valence-electron chi connectivity index (χ3n) is 7.29. The molecule has 4 aromatic rings. The van der Waals surface area contributed by atoms with Crippen molar-refractivity contribution in [2.45, 2.75) is 46.0 Å². The van der Waals surface area contributed by atoms with E-state index in [1.54, 1.807) is 0 Å². The third kappa shape index (κ3) is 6.94. The monoisotopic (exact) mass is 537 g/mol. The number of amides is 1. The number of carbonyl (C=O) groups is 1. The van der Waals surface area contributed by atoms with Crippen molar-refractivity contribution in [3.05, 3.63) is 94.8 Å². The fourth-order valence-electron chi connectivity index (χ4n) is 4.76. The lowest BCUT2D eigenvalue weighted by atomic mass is 10.1. The SMILES string of the molecule is CC(C)CCN(C(=O)CCc1ccc(C(=N)N)cc1)c1ccc2c(c1)nc(CCc1ccc(C(=N)N)cc1)n2C. The number of nitrogen functional groups attached to an aromatic ring is 2. The molecule has 0 unspecified atom stereocenters. The molecule has 8 heteroatoms. The van der Waals surface area contributed by atoms with Gasteiger partial charge in [0.1, 0.15) is 17.5 Å². The van der Waals surface area contributed by atoms with Crippen molar-refractivity contribution in [2.24, 2.45) is 24.4 Å². The fraction of sp³-hybridized carbons (Fsp3) is 0.312. The molecule has 1 aromatic heterocycles. The van der Waals surface area contributed by atoms with Crippen molar-refractivity contribution >= 4 is 34.3 Å². The molecule has 0 aliphatic carbocycles. The molecule has 0 bridgehead atoms. The van der Waals surface area contributed by atoms with Crippen LogP contribution < -0.4 is 16.4 Å². The molecule has 208 valence electrons. The number of aryl methyl sites for hydroxylation is 4. The topological polar surface area (TPSA) is 138 Å². The van der Waals surface area contributed by atoms with Gasteiger partial charge in [-0.25, -0.2) is 4.98 Å². The molecule has 0 fully saturated rings. The van der Waals surface area contributed by atoms with E-state index in [0.29, 0.717) is 30.9 Å². The van der Waals surface area contributed by atoms with Gasteiger partial charge in [-0.05, 0) is 54.5 Å². The Bertz CT molecular complexity index is 1500. The Balaban J connectivity index is 1.50. The number of fused-ring (bicyclic) bond motifs is 1. The summed E-state index contributed by atoms with van der Waals surface area (Å²) >= 11 is 0. The molecule has 0 saturated carbocycles. The van der Waals surface area contributed by atoms with Crippen LogP contribution in [-0.2, 0) is 31.1 Å². The highest BCUT2D eigenvalue weighted by Gasteiger charge is 2.18. The summed E-state index contributed by atoms with van der Waals surface area (Å²) in [6.07, 6.45) is 3.53. The van der Waals surface area contributed by atoms with E-state index < -0.39 is 0 Å². The van der Waals surface area contributed by atoms with Crippen molar-refractivity contribution in [2.75, 3.05) is 11.4 Å². The Morgan fingerprint density at radius 2 is 1.45 bits per heavy atom. The number of imidazole rings is 1. The van der Waals surface area contributed by atoms with Crippen LogP contribution in [0.5, 0.6) is 0 Å². The predicted octanol–water partition coefficient (Wildman–Crippen LogP) is 4.94.